The fraction of sp³-hybridized carbons (Fsp3) is 0.273. The second-order valence-corrected chi connectivity index (χ2v) is 7.18. The van der Waals surface area contributed by atoms with Crippen molar-refractivity contribution in [3.63, 3.8) is 0 Å². The molecule has 30 heavy (non-hydrogen) atoms. The van der Waals surface area contributed by atoms with Gasteiger partial charge in [-0.2, -0.15) is 0 Å². The number of carbonyl (C=O) groups is 4. The summed E-state index contributed by atoms with van der Waals surface area (Å²) in [5.41, 5.74) is 6.58. The van der Waals surface area contributed by atoms with Crippen LogP contribution in [0.2, 0.25) is 0 Å². The van der Waals surface area contributed by atoms with Crippen LogP contribution in [-0.4, -0.2) is 40.5 Å². The molecule has 1 aliphatic rings. The number of ketones is 1. The maximum atomic E-state index is 13.1. The average Bonchev–Trinajstić information content (AvgIpc) is 3.09. The lowest BCUT2D eigenvalue weighted by Gasteiger charge is -2.26. The van der Waals surface area contributed by atoms with Crippen LogP contribution in [0.1, 0.15) is 24.0 Å². The predicted molar refractivity (Wildman–Crippen MR) is 106 cm³/mol. The van der Waals surface area contributed by atoms with Gasteiger partial charge in [0, 0.05) is 19.4 Å². The molecule has 8 heteroatoms. The first kappa shape index (κ1) is 21.2. The first-order valence-corrected chi connectivity index (χ1v) is 9.57. The van der Waals surface area contributed by atoms with Gasteiger partial charge in [-0.05, 0) is 29.7 Å². The SMILES string of the molecule is NC(=O)C(=O)C(Cc1ccccc1)NC(=O)[C@@H]1CCC(=O)N1Cc1ccc(F)cc1. The summed E-state index contributed by atoms with van der Waals surface area (Å²) in [6, 6.07) is 12.7. The third-order valence-corrected chi connectivity index (χ3v) is 5.06. The minimum absolute atomic E-state index is 0.104. The molecule has 0 spiro atoms. The fourth-order valence-electron chi connectivity index (χ4n) is 3.49. The van der Waals surface area contributed by atoms with Crippen LogP contribution in [0.25, 0.3) is 0 Å². The molecule has 2 atom stereocenters. The Kier molecular flexibility index (Phi) is 6.56. The molecule has 7 nitrogen and oxygen atoms in total. The highest BCUT2D eigenvalue weighted by Gasteiger charge is 2.38. The van der Waals surface area contributed by atoms with E-state index >= 15 is 0 Å². The minimum atomic E-state index is -1.14. The van der Waals surface area contributed by atoms with Crippen molar-refractivity contribution in [2.75, 3.05) is 0 Å². The molecule has 3 amide bonds. The minimum Gasteiger partial charge on any atom is -0.363 e. The molecule has 3 rings (SSSR count). The quantitative estimate of drug-likeness (QED) is 0.634. The van der Waals surface area contributed by atoms with Gasteiger partial charge in [-0.15, -0.1) is 0 Å². The molecule has 1 unspecified atom stereocenters. The number of amides is 3. The van der Waals surface area contributed by atoms with Crippen LogP contribution in [0, 0.1) is 5.82 Å². The summed E-state index contributed by atoms with van der Waals surface area (Å²) in [4.78, 5) is 50.3. The van der Waals surface area contributed by atoms with Gasteiger partial charge in [-0.1, -0.05) is 42.5 Å². The van der Waals surface area contributed by atoms with Crippen LogP contribution >= 0.6 is 0 Å². The zero-order valence-corrected chi connectivity index (χ0v) is 16.2. The third-order valence-electron chi connectivity index (χ3n) is 5.06. The number of rotatable bonds is 8. The zero-order chi connectivity index (χ0) is 21.7. The Morgan fingerprint density at radius 3 is 2.37 bits per heavy atom. The average molecular weight is 411 g/mol. The number of benzene rings is 2. The highest BCUT2D eigenvalue weighted by atomic mass is 19.1. The Morgan fingerprint density at radius 1 is 1.07 bits per heavy atom. The number of nitrogens with one attached hydrogen (secondary N) is 1. The predicted octanol–water partition coefficient (Wildman–Crippen LogP) is 1.10. The third kappa shape index (κ3) is 5.08. The number of Topliss-reactive ketones (excluding diaryl/α,β-unsaturated/α-hetero) is 1. The van der Waals surface area contributed by atoms with E-state index in [0.717, 1.165) is 5.56 Å². The summed E-state index contributed by atoms with van der Waals surface area (Å²) in [7, 11) is 0. The van der Waals surface area contributed by atoms with Crippen molar-refractivity contribution in [2.45, 2.75) is 37.9 Å². The van der Waals surface area contributed by atoms with E-state index < -0.39 is 35.5 Å². The van der Waals surface area contributed by atoms with Crippen molar-refractivity contribution in [3.05, 3.63) is 71.5 Å². The van der Waals surface area contributed by atoms with Crippen molar-refractivity contribution in [2.24, 2.45) is 5.73 Å². The fourth-order valence-corrected chi connectivity index (χ4v) is 3.49. The number of halogens is 1. The number of hydrogen-bond donors (Lipinski definition) is 2. The lowest BCUT2D eigenvalue weighted by Crippen LogP contribution is -2.53. The second-order valence-electron chi connectivity index (χ2n) is 7.18. The lowest BCUT2D eigenvalue weighted by atomic mass is 10.0. The van der Waals surface area contributed by atoms with E-state index in [1.165, 1.54) is 17.0 Å². The van der Waals surface area contributed by atoms with E-state index in [1.54, 1.807) is 36.4 Å². The Labute approximate surface area is 173 Å². The van der Waals surface area contributed by atoms with Gasteiger partial charge in [0.05, 0.1) is 0 Å². The molecule has 3 N–H and O–H groups in total. The molecule has 156 valence electrons. The Hall–Kier alpha value is -3.55. The second kappa shape index (κ2) is 9.30. The van der Waals surface area contributed by atoms with Crippen LogP contribution in [-0.2, 0) is 32.1 Å². The first-order valence-electron chi connectivity index (χ1n) is 9.57. The monoisotopic (exact) mass is 411 g/mol. The first-order chi connectivity index (χ1) is 14.3. The summed E-state index contributed by atoms with van der Waals surface area (Å²) >= 11 is 0. The summed E-state index contributed by atoms with van der Waals surface area (Å²) in [6.45, 7) is 0.143. The largest absolute Gasteiger partial charge is 0.363 e. The van der Waals surface area contributed by atoms with Crippen LogP contribution in [0.5, 0.6) is 0 Å². The summed E-state index contributed by atoms with van der Waals surface area (Å²) < 4.78 is 13.1. The van der Waals surface area contributed by atoms with Gasteiger partial charge < -0.3 is 16.0 Å². The highest BCUT2D eigenvalue weighted by molar-refractivity contribution is 6.37. The van der Waals surface area contributed by atoms with Crippen molar-refractivity contribution in [1.82, 2.24) is 10.2 Å². The van der Waals surface area contributed by atoms with Gasteiger partial charge in [0.1, 0.15) is 17.9 Å². The maximum absolute atomic E-state index is 13.1. The van der Waals surface area contributed by atoms with Gasteiger partial charge in [-0.25, -0.2) is 4.39 Å². The summed E-state index contributed by atoms with van der Waals surface area (Å²) in [5, 5.41) is 2.59. The molecule has 1 heterocycles. The topological polar surface area (TPSA) is 110 Å². The van der Waals surface area contributed by atoms with Crippen LogP contribution in [0.15, 0.2) is 54.6 Å². The van der Waals surface area contributed by atoms with E-state index in [0.29, 0.717) is 5.56 Å². The van der Waals surface area contributed by atoms with Crippen LogP contribution in [0.3, 0.4) is 0 Å². The molecular weight excluding hydrogens is 389 g/mol. The molecule has 0 aromatic heterocycles. The normalized spacial score (nSPS) is 16.9. The molecule has 2 aromatic rings. The van der Waals surface area contributed by atoms with E-state index in [1.807, 2.05) is 6.07 Å². The van der Waals surface area contributed by atoms with Gasteiger partial charge in [-0.3, -0.25) is 19.2 Å². The van der Waals surface area contributed by atoms with Gasteiger partial charge >= 0.3 is 0 Å². The van der Waals surface area contributed by atoms with Crippen molar-refractivity contribution in [1.29, 1.82) is 0 Å². The highest BCUT2D eigenvalue weighted by Crippen LogP contribution is 2.22. The van der Waals surface area contributed by atoms with E-state index in [9.17, 15) is 23.6 Å². The zero-order valence-electron chi connectivity index (χ0n) is 16.2. The molecule has 0 bridgehead atoms. The smallest absolute Gasteiger partial charge is 0.287 e. The summed E-state index contributed by atoms with van der Waals surface area (Å²) in [6.07, 6.45) is 0.577. The van der Waals surface area contributed by atoms with Gasteiger partial charge in [0.2, 0.25) is 17.6 Å². The Balaban J connectivity index is 1.74. The molecule has 1 fully saturated rings. The number of primary amides is 1. The van der Waals surface area contributed by atoms with Crippen LogP contribution < -0.4 is 11.1 Å². The molecule has 0 radical (unpaired) electrons. The standard InChI is InChI=1S/C22H22FN3O4/c23-16-8-6-15(7-9-16)13-26-18(10-11-19(26)27)22(30)25-17(20(28)21(24)29)12-14-4-2-1-3-5-14/h1-9,17-18H,10-13H2,(H2,24,29)(H,25,30)/t17?,18-/m0/s1. The molecule has 2 aromatic carbocycles. The molecule has 0 saturated carbocycles. The number of carbonyl (C=O) groups excluding carboxylic acids is 4. The maximum Gasteiger partial charge on any atom is 0.287 e. The molecular formula is C22H22FN3O4. The van der Waals surface area contributed by atoms with Gasteiger partial charge in [0.15, 0.2) is 0 Å². The lowest BCUT2D eigenvalue weighted by molar-refractivity contribution is -0.140. The Morgan fingerprint density at radius 2 is 1.73 bits per heavy atom. The Bertz CT molecular complexity index is 947. The van der Waals surface area contributed by atoms with E-state index in [4.69, 9.17) is 5.73 Å². The van der Waals surface area contributed by atoms with Crippen molar-refractivity contribution < 1.29 is 23.6 Å². The number of hydrogen-bond acceptors (Lipinski definition) is 4. The van der Waals surface area contributed by atoms with Crippen molar-refractivity contribution in [3.8, 4) is 0 Å². The van der Waals surface area contributed by atoms with Gasteiger partial charge in [0.25, 0.3) is 5.91 Å². The molecule has 0 aliphatic carbocycles. The molecule has 1 aliphatic heterocycles. The number of nitrogens with two attached hydrogens (primary N) is 1. The summed E-state index contributed by atoms with van der Waals surface area (Å²) in [5.74, 6) is -3.17. The number of likely N-dealkylation sites (tertiary alicyclic amines) is 1. The number of nitrogens with zero attached hydrogens (tertiary/aromatic N) is 1. The van der Waals surface area contributed by atoms with Crippen molar-refractivity contribution >= 4 is 23.5 Å². The van der Waals surface area contributed by atoms with Crippen LogP contribution in [0.4, 0.5) is 4.39 Å². The van der Waals surface area contributed by atoms with E-state index in [2.05, 4.69) is 5.32 Å². The molecule has 1 saturated heterocycles. The van der Waals surface area contributed by atoms with E-state index in [-0.39, 0.29) is 31.7 Å².